The fraction of sp³-hybridized carbons (Fsp3) is 0.842. The monoisotopic (exact) mass is 367 g/mol. The molecule has 2 fully saturated rings. The van der Waals surface area contributed by atoms with E-state index >= 15 is 0 Å². The van der Waals surface area contributed by atoms with Gasteiger partial charge in [-0.3, -0.25) is 9.59 Å². The van der Waals surface area contributed by atoms with Crippen LogP contribution in [0.15, 0.2) is 0 Å². The van der Waals surface area contributed by atoms with Crippen molar-refractivity contribution in [3.05, 3.63) is 0 Å². The molecule has 2 rings (SSSR count). The first kappa shape index (κ1) is 20.5. The highest BCUT2D eigenvalue weighted by Gasteiger charge is 2.48. The van der Waals surface area contributed by atoms with Crippen molar-refractivity contribution in [1.29, 1.82) is 0 Å². The number of nitrogens with one attached hydrogen (secondary N) is 1. The molecule has 2 heterocycles. The normalized spacial score (nSPS) is 27.3. The molecular weight excluding hydrogens is 334 g/mol. The van der Waals surface area contributed by atoms with Crippen molar-refractivity contribution in [3.63, 3.8) is 0 Å². The third kappa shape index (κ3) is 4.48. The van der Waals surface area contributed by atoms with Crippen molar-refractivity contribution >= 4 is 17.9 Å². The summed E-state index contributed by atoms with van der Waals surface area (Å²) in [7, 11) is 0. The fourth-order valence-corrected chi connectivity index (χ4v) is 3.67. The van der Waals surface area contributed by atoms with E-state index in [0.29, 0.717) is 26.2 Å². The molecule has 1 N–H and O–H groups in total. The molecule has 7 nitrogen and oxygen atoms in total. The number of nitrogens with zero attached hydrogens (tertiary/aromatic N) is 2. The van der Waals surface area contributed by atoms with Gasteiger partial charge in [0.1, 0.15) is 11.5 Å². The second-order valence-electron chi connectivity index (χ2n) is 9.50. The molecule has 26 heavy (non-hydrogen) atoms. The molecule has 2 aliphatic heterocycles. The maximum absolute atomic E-state index is 13.1. The number of amides is 3. The Bertz CT molecular complexity index is 576. The number of hydrogen-bond donors (Lipinski definition) is 1. The molecule has 148 valence electrons. The van der Waals surface area contributed by atoms with Crippen LogP contribution in [0.4, 0.5) is 4.79 Å². The predicted molar refractivity (Wildman–Crippen MR) is 98.4 cm³/mol. The average Bonchev–Trinajstić information content (AvgIpc) is 2.86. The summed E-state index contributed by atoms with van der Waals surface area (Å²) in [5.74, 6) is -0.989. The summed E-state index contributed by atoms with van der Waals surface area (Å²) in [6.07, 6.45) is -0.359. The van der Waals surface area contributed by atoms with Gasteiger partial charge in [0.2, 0.25) is 11.8 Å². The molecule has 0 radical (unpaired) electrons. The maximum Gasteiger partial charge on any atom is 0.410 e. The molecule has 3 amide bonds. The van der Waals surface area contributed by atoms with Crippen LogP contribution in [0.25, 0.3) is 0 Å². The van der Waals surface area contributed by atoms with Gasteiger partial charge in [-0.1, -0.05) is 20.8 Å². The first-order valence-electron chi connectivity index (χ1n) is 9.37. The Morgan fingerprint density at radius 1 is 1.12 bits per heavy atom. The Labute approximate surface area is 156 Å². The third-order valence-corrected chi connectivity index (χ3v) is 5.12. The van der Waals surface area contributed by atoms with Crippen molar-refractivity contribution in [2.45, 2.75) is 60.1 Å². The topological polar surface area (TPSA) is 79.0 Å². The maximum atomic E-state index is 13.1. The van der Waals surface area contributed by atoms with Crippen molar-refractivity contribution < 1.29 is 19.1 Å². The van der Waals surface area contributed by atoms with E-state index in [9.17, 15) is 14.4 Å². The highest BCUT2D eigenvalue weighted by Crippen LogP contribution is 2.36. The van der Waals surface area contributed by atoms with Gasteiger partial charge in [-0.15, -0.1) is 0 Å². The zero-order chi connectivity index (χ0) is 19.9. The van der Waals surface area contributed by atoms with E-state index in [1.54, 1.807) is 9.80 Å². The molecule has 0 aromatic rings. The van der Waals surface area contributed by atoms with Crippen LogP contribution in [0.3, 0.4) is 0 Å². The van der Waals surface area contributed by atoms with Gasteiger partial charge in [0.25, 0.3) is 0 Å². The fourth-order valence-electron chi connectivity index (χ4n) is 3.67. The summed E-state index contributed by atoms with van der Waals surface area (Å²) in [4.78, 5) is 41.1. The Morgan fingerprint density at radius 2 is 1.73 bits per heavy atom. The van der Waals surface area contributed by atoms with Gasteiger partial charge in [-0.2, -0.15) is 0 Å². The number of carbonyl (C=O) groups is 3. The molecule has 3 atom stereocenters. The van der Waals surface area contributed by atoms with Crippen molar-refractivity contribution in [2.24, 2.45) is 17.3 Å². The molecular formula is C19H33N3O4. The molecule has 0 aromatic carbocycles. The van der Waals surface area contributed by atoms with E-state index < -0.39 is 11.5 Å². The summed E-state index contributed by atoms with van der Waals surface area (Å²) in [5.41, 5.74) is -0.684. The predicted octanol–water partition coefficient (Wildman–Crippen LogP) is 1.86. The second kappa shape index (κ2) is 7.08. The SMILES string of the molecule is C[C@@H]1CN(C(=O)OC(C)(C)C)CCN1C(=O)[C@H]1C(=O)NC[C@H]1C(C)(C)C. The standard InChI is InChI=1S/C19H33N3O4/c1-12-11-21(17(25)26-19(5,6)7)8-9-22(12)16(24)14-13(18(2,3)4)10-20-15(14)23/h12-14H,8-11H2,1-7H3,(H,20,23)/t12-,13-,14-/m1/s1. The second-order valence-corrected chi connectivity index (χ2v) is 9.50. The quantitative estimate of drug-likeness (QED) is 0.718. The van der Waals surface area contributed by atoms with Crippen LogP contribution in [-0.4, -0.2) is 65.5 Å². The minimum absolute atomic E-state index is 0.0291. The van der Waals surface area contributed by atoms with E-state index in [2.05, 4.69) is 26.1 Å². The Kier molecular flexibility index (Phi) is 5.59. The van der Waals surface area contributed by atoms with Gasteiger partial charge in [0.15, 0.2) is 0 Å². The lowest BCUT2D eigenvalue weighted by Crippen LogP contribution is -2.58. The van der Waals surface area contributed by atoms with Gasteiger partial charge >= 0.3 is 6.09 Å². The molecule has 0 aliphatic carbocycles. The van der Waals surface area contributed by atoms with Crippen LogP contribution in [0.2, 0.25) is 0 Å². The third-order valence-electron chi connectivity index (χ3n) is 5.12. The zero-order valence-corrected chi connectivity index (χ0v) is 17.1. The van der Waals surface area contributed by atoms with Crippen LogP contribution in [0.1, 0.15) is 48.5 Å². The minimum Gasteiger partial charge on any atom is -0.444 e. The summed E-state index contributed by atoms with van der Waals surface area (Å²) < 4.78 is 5.42. The van der Waals surface area contributed by atoms with Crippen molar-refractivity contribution in [1.82, 2.24) is 15.1 Å². The zero-order valence-electron chi connectivity index (χ0n) is 17.1. The highest BCUT2D eigenvalue weighted by atomic mass is 16.6. The van der Waals surface area contributed by atoms with Gasteiger partial charge in [0.05, 0.1) is 0 Å². The summed E-state index contributed by atoms with van der Waals surface area (Å²) >= 11 is 0. The Morgan fingerprint density at radius 3 is 2.23 bits per heavy atom. The van der Waals surface area contributed by atoms with Gasteiger partial charge < -0.3 is 19.9 Å². The minimum atomic E-state index is -0.648. The first-order chi connectivity index (χ1) is 11.8. The van der Waals surface area contributed by atoms with E-state index in [0.717, 1.165) is 0 Å². The van der Waals surface area contributed by atoms with Crippen molar-refractivity contribution in [2.75, 3.05) is 26.2 Å². The lowest BCUT2D eigenvalue weighted by atomic mass is 9.74. The Hall–Kier alpha value is -1.79. The lowest BCUT2D eigenvalue weighted by molar-refractivity contribution is -0.146. The van der Waals surface area contributed by atoms with E-state index in [1.165, 1.54) is 0 Å². The van der Waals surface area contributed by atoms with Gasteiger partial charge in [-0.25, -0.2) is 4.79 Å². The highest BCUT2D eigenvalue weighted by molar-refractivity contribution is 6.02. The summed E-state index contributed by atoms with van der Waals surface area (Å²) in [5, 5.41) is 2.84. The number of rotatable bonds is 1. The molecule has 0 unspecified atom stereocenters. The van der Waals surface area contributed by atoms with Crippen LogP contribution in [-0.2, 0) is 14.3 Å². The Balaban J connectivity index is 2.06. The molecule has 7 heteroatoms. The van der Waals surface area contributed by atoms with E-state index in [-0.39, 0.29) is 35.3 Å². The number of piperazine rings is 1. The molecule has 2 aliphatic rings. The largest absolute Gasteiger partial charge is 0.444 e. The van der Waals surface area contributed by atoms with Crippen LogP contribution >= 0.6 is 0 Å². The summed E-state index contributed by atoms with van der Waals surface area (Å²) in [6.45, 7) is 15.4. The van der Waals surface area contributed by atoms with E-state index in [1.807, 2.05) is 27.7 Å². The van der Waals surface area contributed by atoms with Gasteiger partial charge in [0, 0.05) is 38.1 Å². The number of hydrogen-bond acceptors (Lipinski definition) is 4. The van der Waals surface area contributed by atoms with Gasteiger partial charge in [-0.05, 0) is 33.1 Å². The first-order valence-corrected chi connectivity index (χ1v) is 9.37. The molecule has 2 saturated heterocycles. The molecule has 0 saturated carbocycles. The lowest BCUT2D eigenvalue weighted by Gasteiger charge is -2.42. The smallest absolute Gasteiger partial charge is 0.410 e. The van der Waals surface area contributed by atoms with Crippen LogP contribution in [0, 0.1) is 17.3 Å². The van der Waals surface area contributed by atoms with Crippen LogP contribution < -0.4 is 5.32 Å². The van der Waals surface area contributed by atoms with E-state index in [4.69, 9.17) is 4.74 Å². The van der Waals surface area contributed by atoms with Crippen molar-refractivity contribution in [3.8, 4) is 0 Å². The van der Waals surface area contributed by atoms with Crippen LogP contribution in [0.5, 0.6) is 0 Å². The number of carbonyl (C=O) groups excluding carboxylic acids is 3. The number of ether oxygens (including phenoxy) is 1. The average molecular weight is 367 g/mol. The molecule has 0 spiro atoms. The summed E-state index contributed by atoms with van der Waals surface area (Å²) in [6, 6.07) is -0.155. The molecule has 0 aromatic heterocycles. The molecule has 0 bridgehead atoms.